The van der Waals surface area contributed by atoms with Gasteiger partial charge in [-0.2, -0.15) is 0 Å². The lowest BCUT2D eigenvalue weighted by Crippen LogP contribution is -2.21. The second-order valence-electron chi connectivity index (χ2n) is 14.1. The molecule has 0 saturated heterocycles. The molecule has 11 rings (SSSR count). The highest BCUT2D eigenvalue weighted by Gasteiger charge is 2.45. The van der Waals surface area contributed by atoms with Crippen molar-refractivity contribution in [1.29, 1.82) is 0 Å². The van der Waals surface area contributed by atoms with Crippen molar-refractivity contribution in [3.8, 4) is 16.8 Å². The Morgan fingerprint density at radius 1 is 0.460 bits per heavy atom. The molecule has 0 radical (unpaired) electrons. The zero-order valence-electron chi connectivity index (χ0n) is 27.6. The summed E-state index contributed by atoms with van der Waals surface area (Å²) in [5.74, 6) is 0. The predicted octanol–water partition coefficient (Wildman–Crippen LogP) is 13.0. The standard InChI is InChI=1S/C47H34N2O/c1-2-12-31(13-3-1)49-43-18-8-5-15-37(43)38-24-21-34(30-44(38)49)48(32-22-25-46-40(28-32)39-16-6-9-19-45(39)50-46)33-20-23-36-35-14-4-7-17-41(35)47(42(36)29-33)26-10-11-27-47/h1-9,12-25,28-30H,10-11,26-27H2. The summed E-state index contributed by atoms with van der Waals surface area (Å²) in [4.78, 5) is 2.46. The maximum Gasteiger partial charge on any atom is 0.135 e. The van der Waals surface area contributed by atoms with Gasteiger partial charge in [0.25, 0.3) is 0 Å². The van der Waals surface area contributed by atoms with Crippen molar-refractivity contribution < 1.29 is 4.42 Å². The van der Waals surface area contributed by atoms with Gasteiger partial charge >= 0.3 is 0 Å². The Balaban J connectivity index is 1.18. The molecule has 0 N–H and O–H groups in total. The smallest absolute Gasteiger partial charge is 0.135 e. The minimum atomic E-state index is 0.0853. The van der Waals surface area contributed by atoms with Crippen LogP contribution in [0.4, 0.5) is 17.1 Å². The number of rotatable bonds is 4. The van der Waals surface area contributed by atoms with E-state index in [1.165, 1.54) is 75.4 Å². The maximum absolute atomic E-state index is 6.29. The van der Waals surface area contributed by atoms with Crippen LogP contribution in [-0.4, -0.2) is 4.57 Å². The van der Waals surface area contributed by atoms with Gasteiger partial charge in [-0.1, -0.05) is 104 Å². The number of nitrogens with zero attached hydrogens (tertiary/aromatic N) is 2. The molecule has 2 aliphatic carbocycles. The molecule has 0 bridgehead atoms. The van der Waals surface area contributed by atoms with Gasteiger partial charge in [0.15, 0.2) is 0 Å². The van der Waals surface area contributed by atoms with Crippen molar-refractivity contribution in [2.45, 2.75) is 31.1 Å². The van der Waals surface area contributed by atoms with Gasteiger partial charge in [-0.3, -0.25) is 0 Å². The minimum Gasteiger partial charge on any atom is -0.456 e. The van der Waals surface area contributed by atoms with Crippen LogP contribution in [0.1, 0.15) is 36.8 Å². The molecule has 1 spiro atoms. The molecular weight excluding hydrogens is 609 g/mol. The Kier molecular flexibility index (Phi) is 5.83. The van der Waals surface area contributed by atoms with E-state index in [2.05, 4.69) is 161 Å². The normalized spacial score (nSPS) is 14.6. The quantitative estimate of drug-likeness (QED) is 0.190. The van der Waals surface area contributed by atoms with E-state index < -0.39 is 0 Å². The molecule has 238 valence electrons. The van der Waals surface area contributed by atoms with Gasteiger partial charge in [-0.25, -0.2) is 0 Å². The fraction of sp³-hybridized carbons (Fsp3) is 0.106. The van der Waals surface area contributed by atoms with Crippen LogP contribution in [0.5, 0.6) is 0 Å². The number of para-hydroxylation sites is 3. The lowest BCUT2D eigenvalue weighted by Gasteiger charge is -2.30. The summed E-state index contributed by atoms with van der Waals surface area (Å²) in [5.41, 5.74) is 14.7. The lowest BCUT2D eigenvalue weighted by molar-refractivity contribution is 0.550. The van der Waals surface area contributed by atoms with Gasteiger partial charge in [-0.15, -0.1) is 0 Å². The zero-order valence-corrected chi connectivity index (χ0v) is 27.6. The topological polar surface area (TPSA) is 21.3 Å². The first-order valence-electron chi connectivity index (χ1n) is 17.8. The molecule has 0 atom stereocenters. The van der Waals surface area contributed by atoms with E-state index in [0.29, 0.717) is 0 Å². The molecule has 3 nitrogen and oxygen atoms in total. The molecule has 9 aromatic rings. The Labute approximate surface area is 290 Å². The van der Waals surface area contributed by atoms with E-state index in [1.807, 2.05) is 6.07 Å². The monoisotopic (exact) mass is 642 g/mol. The van der Waals surface area contributed by atoms with Gasteiger partial charge in [0.05, 0.1) is 11.0 Å². The summed E-state index contributed by atoms with van der Waals surface area (Å²) < 4.78 is 8.70. The molecule has 0 unspecified atom stereocenters. The molecule has 1 saturated carbocycles. The highest BCUT2D eigenvalue weighted by molar-refractivity contribution is 6.11. The molecule has 1 fully saturated rings. The highest BCUT2D eigenvalue weighted by atomic mass is 16.3. The number of furan rings is 1. The Morgan fingerprint density at radius 3 is 2.00 bits per heavy atom. The Hall–Kier alpha value is -6.06. The molecular formula is C47H34N2O. The molecule has 2 aliphatic rings. The Bertz CT molecular complexity index is 2780. The second-order valence-corrected chi connectivity index (χ2v) is 14.1. The van der Waals surface area contributed by atoms with Crippen LogP contribution in [0.15, 0.2) is 162 Å². The number of hydrogen-bond donors (Lipinski definition) is 0. The van der Waals surface area contributed by atoms with Crippen molar-refractivity contribution in [2.75, 3.05) is 4.90 Å². The molecule has 7 aromatic carbocycles. The number of anilines is 3. The summed E-state index contributed by atoms with van der Waals surface area (Å²) in [6, 6.07) is 57.9. The zero-order chi connectivity index (χ0) is 32.8. The van der Waals surface area contributed by atoms with Crippen molar-refractivity contribution in [1.82, 2.24) is 4.57 Å². The number of aromatic nitrogens is 1. The van der Waals surface area contributed by atoms with Crippen LogP contribution < -0.4 is 4.90 Å². The summed E-state index contributed by atoms with van der Waals surface area (Å²) in [5, 5.41) is 4.77. The van der Waals surface area contributed by atoms with E-state index >= 15 is 0 Å². The molecule has 2 aromatic heterocycles. The van der Waals surface area contributed by atoms with E-state index in [1.54, 1.807) is 0 Å². The molecule has 2 heterocycles. The van der Waals surface area contributed by atoms with Crippen molar-refractivity contribution in [3.63, 3.8) is 0 Å². The lowest BCUT2D eigenvalue weighted by atomic mass is 9.76. The fourth-order valence-electron chi connectivity index (χ4n) is 9.35. The van der Waals surface area contributed by atoms with Gasteiger partial charge in [-0.05, 0) is 102 Å². The predicted molar refractivity (Wildman–Crippen MR) is 207 cm³/mol. The molecule has 3 heteroatoms. The van der Waals surface area contributed by atoms with Crippen LogP contribution in [0.25, 0.3) is 60.6 Å². The molecule has 50 heavy (non-hydrogen) atoms. The van der Waals surface area contributed by atoms with E-state index in [4.69, 9.17) is 4.42 Å². The average molecular weight is 643 g/mol. The number of hydrogen-bond acceptors (Lipinski definition) is 2. The van der Waals surface area contributed by atoms with Crippen LogP contribution >= 0.6 is 0 Å². The van der Waals surface area contributed by atoms with Gasteiger partial charge < -0.3 is 13.9 Å². The average Bonchev–Trinajstić information content (AvgIpc) is 3.95. The van der Waals surface area contributed by atoms with E-state index in [-0.39, 0.29) is 5.41 Å². The third kappa shape index (κ3) is 3.86. The second kappa shape index (κ2) is 10.5. The molecule has 0 amide bonds. The first-order valence-corrected chi connectivity index (χ1v) is 17.8. The van der Waals surface area contributed by atoms with Crippen LogP contribution in [-0.2, 0) is 5.41 Å². The third-order valence-electron chi connectivity index (χ3n) is 11.5. The number of benzene rings is 7. The van der Waals surface area contributed by atoms with Crippen LogP contribution in [0, 0.1) is 0 Å². The first kappa shape index (κ1) is 27.8. The van der Waals surface area contributed by atoms with Gasteiger partial charge in [0.2, 0.25) is 0 Å². The van der Waals surface area contributed by atoms with Crippen molar-refractivity contribution in [2.24, 2.45) is 0 Å². The summed E-state index contributed by atoms with van der Waals surface area (Å²) in [6.45, 7) is 0. The van der Waals surface area contributed by atoms with E-state index in [0.717, 1.165) is 39.0 Å². The molecule has 0 aliphatic heterocycles. The van der Waals surface area contributed by atoms with Crippen molar-refractivity contribution >= 4 is 60.8 Å². The maximum atomic E-state index is 6.29. The minimum absolute atomic E-state index is 0.0853. The Morgan fingerprint density at radius 2 is 1.10 bits per heavy atom. The summed E-state index contributed by atoms with van der Waals surface area (Å²) in [7, 11) is 0. The summed E-state index contributed by atoms with van der Waals surface area (Å²) in [6.07, 6.45) is 4.95. The highest BCUT2D eigenvalue weighted by Crippen LogP contribution is 2.58. The SMILES string of the molecule is c1ccc(-n2c3ccccc3c3ccc(N(c4ccc5c(c4)C4(CCCC4)c4ccccc4-5)c4ccc5oc6ccccc6c5c4)cc32)cc1. The van der Waals surface area contributed by atoms with Gasteiger partial charge in [0.1, 0.15) is 11.2 Å². The van der Waals surface area contributed by atoms with Crippen LogP contribution in [0.2, 0.25) is 0 Å². The van der Waals surface area contributed by atoms with Crippen molar-refractivity contribution in [3.05, 3.63) is 169 Å². The third-order valence-corrected chi connectivity index (χ3v) is 11.5. The number of fused-ring (bicyclic) bond motifs is 11. The fourth-order valence-corrected chi connectivity index (χ4v) is 9.35. The van der Waals surface area contributed by atoms with E-state index in [9.17, 15) is 0 Å². The largest absolute Gasteiger partial charge is 0.456 e. The summed E-state index contributed by atoms with van der Waals surface area (Å²) >= 11 is 0. The van der Waals surface area contributed by atoms with Gasteiger partial charge in [0, 0.05) is 49.7 Å². The van der Waals surface area contributed by atoms with Crippen LogP contribution in [0.3, 0.4) is 0 Å². The first-order chi connectivity index (χ1) is 24.8.